The van der Waals surface area contributed by atoms with Crippen molar-refractivity contribution in [3.8, 4) is 5.75 Å². The van der Waals surface area contributed by atoms with E-state index in [0.29, 0.717) is 18.4 Å². The summed E-state index contributed by atoms with van der Waals surface area (Å²) in [4.78, 5) is 18.3. The Morgan fingerprint density at radius 3 is 2.47 bits per heavy atom. The van der Waals surface area contributed by atoms with Crippen molar-refractivity contribution in [1.82, 2.24) is 5.32 Å². The van der Waals surface area contributed by atoms with Crippen LogP contribution in [0.1, 0.15) is 56.7 Å². The Morgan fingerprint density at radius 1 is 1.17 bits per heavy atom. The molecule has 0 unspecified atom stereocenters. The summed E-state index contributed by atoms with van der Waals surface area (Å²) in [6.45, 7) is 4.06. The minimum Gasteiger partial charge on any atom is -0.404 e. The molecule has 2 atom stereocenters. The number of fused-ring (bicyclic) bond motifs is 1. The molecule has 0 radical (unpaired) electrons. The van der Waals surface area contributed by atoms with E-state index in [1.807, 2.05) is 37.3 Å². The molecule has 30 heavy (non-hydrogen) atoms. The third-order valence-electron chi connectivity index (χ3n) is 5.59. The fraction of sp³-hybridized carbons (Fsp3) is 0.429. The number of nitrogens with one attached hydrogen (secondary N) is 1. The molecule has 7 nitrogen and oxygen atoms in total. The van der Waals surface area contributed by atoms with E-state index in [2.05, 4.69) is 16.8 Å². The molecule has 0 spiro atoms. The van der Waals surface area contributed by atoms with Crippen LogP contribution in [0.5, 0.6) is 5.75 Å². The lowest BCUT2D eigenvalue weighted by molar-refractivity contribution is 0.283. The SMILES string of the molecule is CCCC[C@]1(CC)CS(=O)(=O)c2cc(OP(=O)(O)O)ccc2[C@H](c2ccccc2)N1. The van der Waals surface area contributed by atoms with Crippen LogP contribution < -0.4 is 9.84 Å². The molecule has 0 amide bonds. The Labute approximate surface area is 177 Å². The summed E-state index contributed by atoms with van der Waals surface area (Å²) < 4.78 is 42.8. The van der Waals surface area contributed by atoms with Gasteiger partial charge in [0.25, 0.3) is 0 Å². The summed E-state index contributed by atoms with van der Waals surface area (Å²) in [7, 11) is -8.55. The van der Waals surface area contributed by atoms with Gasteiger partial charge in [-0.3, -0.25) is 15.1 Å². The van der Waals surface area contributed by atoms with Crippen molar-refractivity contribution in [3.63, 3.8) is 0 Å². The van der Waals surface area contributed by atoms with Gasteiger partial charge in [0.2, 0.25) is 0 Å². The van der Waals surface area contributed by atoms with Gasteiger partial charge in [-0.15, -0.1) is 0 Å². The van der Waals surface area contributed by atoms with Crippen LogP contribution in [0, 0.1) is 0 Å². The smallest absolute Gasteiger partial charge is 0.404 e. The van der Waals surface area contributed by atoms with E-state index in [4.69, 9.17) is 9.79 Å². The van der Waals surface area contributed by atoms with Crippen LogP contribution in [0.15, 0.2) is 53.4 Å². The average Bonchev–Trinajstić information content (AvgIpc) is 2.79. The second kappa shape index (κ2) is 8.81. The molecule has 0 bridgehead atoms. The molecule has 164 valence electrons. The van der Waals surface area contributed by atoms with Crippen molar-refractivity contribution in [1.29, 1.82) is 0 Å². The van der Waals surface area contributed by atoms with Gasteiger partial charge < -0.3 is 4.52 Å². The average molecular weight is 453 g/mol. The number of rotatable bonds is 7. The van der Waals surface area contributed by atoms with Crippen molar-refractivity contribution in [2.24, 2.45) is 0 Å². The molecule has 1 aliphatic rings. The van der Waals surface area contributed by atoms with Gasteiger partial charge >= 0.3 is 7.82 Å². The van der Waals surface area contributed by atoms with Crippen LogP contribution in [0.4, 0.5) is 0 Å². The fourth-order valence-electron chi connectivity index (χ4n) is 4.03. The van der Waals surface area contributed by atoms with Gasteiger partial charge in [0.1, 0.15) is 5.75 Å². The van der Waals surface area contributed by atoms with E-state index < -0.39 is 23.2 Å². The normalized spacial score (nSPS) is 23.4. The van der Waals surface area contributed by atoms with Crippen LogP contribution in [-0.4, -0.2) is 29.5 Å². The molecule has 0 fully saturated rings. The molecule has 3 N–H and O–H groups in total. The molecule has 1 aliphatic heterocycles. The largest absolute Gasteiger partial charge is 0.524 e. The lowest BCUT2D eigenvalue weighted by Crippen LogP contribution is -2.50. The summed E-state index contributed by atoms with van der Waals surface area (Å²) in [5.74, 6) is -0.262. The predicted molar refractivity (Wildman–Crippen MR) is 115 cm³/mol. The Hall–Kier alpha value is -1.70. The van der Waals surface area contributed by atoms with E-state index in [1.54, 1.807) is 6.07 Å². The highest BCUT2D eigenvalue weighted by molar-refractivity contribution is 7.91. The van der Waals surface area contributed by atoms with Gasteiger partial charge in [0.15, 0.2) is 9.84 Å². The molecule has 0 aromatic heterocycles. The highest BCUT2D eigenvalue weighted by atomic mass is 32.2. The maximum atomic E-state index is 13.4. The van der Waals surface area contributed by atoms with Gasteiger partial charge in [0.05, 0.1) is 16.7 Å². The Balaban J connectivity index is 2.19. The van der Waals surface area contributed by atoms with Gasteiger partial charge in [-0.2, -0.15) is 0 Å². The van der Waals surface area contributed by atoms with Gasteiger partial charge in [0, 0.05) is 5.54 Å². The molecule has 0 aliphatic carbocycles. The Morgan fingerprint density at radius 2 is 1.87 bits per heavy atom. The zero-order chi connectivity index (χ0) is 22.0. The van der Waals surface area contributed by atoms with E-state index in [9.17, 15) is 13.0 Å². The van der Waals surface area contributed by atoms with Crippen molar-refractivity contribution in [2.75, 3.05) is 5.75 Å². The second-order valence-corrected chi connectivity index (χ2v) is 10.9. The van der Waals surface area contributed by atoms with E-state index in [-0.39, 0.29) is 22.4 Å². The third-order valence-corrected chi connectivity index (χ3v) is 8.00. The summed E-state index contributed by atoms with van der Waals surface area (Å²) in [6, 6.07) is 13.4. The molecular formula is C21H28NO6PS. The maximum Gasteiger partial charge on any atom is 0.524 e. The summed E-state index contributed by atoms with van der Waals surface area (Å²) in [6.07, 6.45) is 3.19. The molecule has 3 rings (SSSR count). The molecule has 2 aromatic rings. The first kappa shape index (κ1) is 23.0. The Bertz CT molecular complexity index is 1040. The molecular weight excluding hydrogens is 425 g/mol. The number of sulfone groups is 1. The standard InChI is InChI=1S/C21H28NO6PS/c1-3-5-13-21(4-2)15-30(26,27)19-14-17(28-29(23,24)25)11-12-18(19)20(22-21)16-9-7-6-8-10-16/h6-12,14,20,22H,3-5,13,15H2,1-2H3,(H2,23,24,25)/t20-,21+/m0/s1. The van der Waals surface area contributed by atoms with Crippen LogP contribution in [-0.2, 0) is 14.4 Å². The summed E-state index contributed by atoms with van der Waals surface area (Å²) >= 11 is 0. The van der Waals surface area contributed by atoms with Crippen molar-refractivity contribution in [2.45, 2.75) is 56.0 Å². The summed E-state index contributed by atoms with van der Waals surface area (Å²) in [5, 5.41) is 3.64. The lowest BCUT2D eigenvalue weighted by atomic mass is 9.88. The van der Waals surface area contributed by atoms with E-state index in [1.165, 1.54) is 12.1 Å². The third kappa shape index (κ3) is 5.13. The zero-order valence-corrected chi connectivity index (χ0v) is 18.8. The lowest BCUT2D eigenvalue weighted by Gasteiger charge is -2.35. The van der Waals surface area contributed by atoms with Gasteiger partial charge in [-0.05, 0) is 36.1 Å². The minimum absolute atomic E-state index is 0.0432. The zero-order valence-electron chi connectivity index (χ0n) is 17.1. The number of hydrogen-bond donors (Lipinski definition) is 3. The number of hydrogen-bond acceptors (Lipinski definition) is 5. The Kier molecular flexibility index (Phi) is 6.75. The highest BCUT2D eigenvalue weighted by Gasteiger charge is 2.42. The minimum atomic E-state index is -4.81. The van der Waals surface area contributed by atoms with Crippen molar-refractivity contribution >= 4 is 17.7 Å². The molecule has 0 saturated heterocycles. The van der Waals surface area contributed by atoms with Gasteiger partial charge in [-0.25, -0.2) is 13.0 Å². The maximum absolute atomic E-state index is 13.4. The molecule has 0 saturated carbocycles. The van der Waals surface area contributed by atoms with E-state index >= 15 is 0 Å². The fourth-order valence-corrected chi connectivity index (χ4v) is 6.58. The van der Waals surface area contributed by atoms with E-state index in [0.717, 1.165) is 18.4 Å². The van der Waals surface area contributed by atoms with Crippen LogP contribution in [0.2, 0.25) is 0 Å². The quantitative estimate of drug-likeness (QED) is 0.544. The summed E-state index contributed by atoms with van der Waals surface area (Å²) in [5.41, 5.74) is 0.860. The second-order valence-electron chi connectivity index (χ2n) is 7.77. The van der Waals surface area contributed by atoms with Crippen LogP contribution in [0.25, 0.3) is 0 Å². The number of phosphoric ester groups is 1. The van der Waals surface area contributed by atoms with Crippen LogP contribution in [0.3, 0.4) is 0 Å². The molecule has 9 heteroatoms. The first-order valence-electron chi connectivity index (χ1n) is 10.0. The number of benzene rings is 2. The van der Waals surface area contributed by atoms with Crippen LogP contribution >= 0.6 is 7.82 Å². The number of phosphoric acid groups is 1. The first-order chi connectivity index (χ1) is 14.1. The highest BCUT2D eigenvalue weighted by Crippen LogP contribution is 2.42. The van der Waals surface area contributed by atoms with Crippen molar-refractivity contribution in [3.05, 3.63) is 59.7 Å². The molecule has 2 aromatic carbocycles. The van der Waals surface area contributed by atoms with Gasteiger partial charge in [-0.1, -0.05) is 63.1 Å². The number of unbranched alkanes of at least 4 members (excludes halogenated alkanes) is 1. The first-order valence-corrected chi connectivity index (χ1v) is 13.2. The predicted octanol–water partition coefficient (Wildman–Crippen LogP) is 3.96. The topological polar surface area (TPSA) is 113 Å². The van der Waals surface area contributed by atoms with Crippen molar-refractivity contribution < 1.29 is 27.3 Å². The molecule has 1 heterocycles. The monoisotopic (exact) mass is 453 g/mol.